The zero-order chi connectivity index (χ0) is 15.6. The van der Waals surface area contributed by atoms with Crippen LogP contribution in [0.3, 0.4) is 0 Å². The van der Waals surface area contributed by atoms with Gasteiger partial charge in [0.15, 0.2) is 5.69 Å². The number of hydrogen-bond donors (Lipinski definition) is 2. The number of hydrogen-bond acceptors (Lipinski definition) is 4. The first kappa shape index (κ1) is 14.9. The smallest absolute Gasteiger partial charge is 0.296 e. The first-order valence-electron chi connectivity index (χ1n) is 5.63. The highest BCUT2D eigenvalue weighted by Gasteiger charge is 2.20. The average Bonchev–Trinajstić information content (AvgIpc) is 2.43. The molecular weight excluding hydrogens is 347 g/mol. The summed E-state index contributed by atoms with van der Waals surface area (Å²) in [6.07, 6.45) is 0. The van der Waals surface area contributed by atoms with E-state index in [4.69, 9.17) is 0 Å². The summed E-state index contributed by atoms with van der Waals surface area (Å²) in [4.78, 5) is 22.1. The van der Waals surface area contributed by atoms with E-state index in [1.54, 1.807) is 0 Å². The van der Waals surface area contributed by atoms with Gasteiger partial charge >= 0.3 is 0 Å². The molecule has 0 radical (unpaired) electrons. The third kappa shape index (κ3) is 3.16. The largest absolute Gasteiger partial charge is 0.505 e. The van der Waals surface area contributed by atoms with Gasteiger partial charge in [-0.3, -0.25) is 14.9 Å². The van der Waals surface area contributed by atoms with Crippen LogP contribution >= 0.6 is 15.9 Å². The van der Waals surface area contributed by atoms with Gasteiger partial charge in [-0.1, -0.05) is 6.07 Å². The maximum atomic E-state index is 13.4. The van der Waals surface area contributed by atoms with Crippen molar-refractivity contribution in [1.82, 2.24) is 0 Å². The Hall–Kier alpha value is -2.48. The number of anilines is 1. The van der Waals surface area contributed by atoms with Crippen LogP contribution in [0.15, 0.2) is 40.9 Å². The molecule has 108 valence electrons. The van der Waals surface area contributed by atoms with Crippen molar-refractivity contribution in [3.8, 4) is 5.75 Å². The number of nitro groups is 1. The van der Waals surface area contributed by atoms with Gasteiger partial charge < -0.3 is 10.4 Å². The molecule has 6 nitrogen and oxygen atoms in total. The lowest BCUT2D eigenvalue weighted by Crippen LogP contribution is -2.13. The fraction of sp³-hybridized carbons (Fsp3) is 0. The van der Waals surface area contributed by atoms with E-state index >= 15 is 0 Å². The molecule has 2 aromatic carbocycles. The Labute approximate surface area is 126 Å². The van der Waals surface area contributed by atoms with Crippen molar-refractivity contribution in [3.63, 3.8) is 0 Å². The van der Waals surface area contributed by atoms with Crippen LogP contribution in [0.4, 0.5) is 15.8 Å². The van der Waals surface area contributed by atoms with E-state index in [9.17, 15) is 24.4 Å². The summed E-state index contributed by atoms with van der Waals surface area (Å²) >= 11 is 2.95. The molecule has 0 aromatic heterocycles. The monoisotopic (exact) mass is 354 g/mol. The molecule has 0 saturated carbocycles. The number of benzene rings is 2. The molecule has 0 unspecified atom stereocenters. The zero-order valence-electron chi connectivity index (χ0n) is 10.3. The number of carbonyl (C=O) groups excluding carboxylic acids is 1. The van der Waals surface area contributed by atoms with E-state index in [0.29, 0.717) is 0 Å². The average molecular weight is 355 g/mol. The predicted octanol–water partition coefficient (Wildman–Crippen LogP) is 3.45. The van der Waals surface area contributed by atoms with E-state index in [0.717, 1.165) is 12.1 Å². The Bertz CT molecular complexity index is 736. The van der Waals surface area contributed by atoms with Crippen molar-refractivity contribution in [2.24, 2.45) is 0 Å². The second-order valence-electron chi connectivity index (χ2n) is 4.01. The molecule has 2 aromatic rings. The van der Waals surface area contributed by atoms with Gasteiger partial charge in [0.1, 0.15) is 11.6 Å². The maximum absolute atomic E-state index is 13.4. The predicted molar refractivity (Wildman–Crippen MR) is 76.8 cm³/mol. The van der Waals surface area contributed by atoms with Crippen molar-refractivity contribution >= 4 is 33.2 Å². The molecule has 0 aliphatic heterocycles. The lowest BCUT2D eigenvalue weighted by molar-refractivity contribution is -0.384. The minimum absolute atomic E-state index is 0.0340. The summed E-state index contributed by atoms with van der Waals surface area (Å²) < 4.78 is 13.6. The molecule has 8 heteroatoms. The van der Waals surface area contributed by atoms with Crippen LogP contribution in [-0.2, 0) is 0 Å². The molecule has 0 saturated heterocycles. The van der Waals surface area contributed by atoms with E-state index in [2.05, 4.69) is 21.2 Å². The van der Waals surface area contributed by atoms with E-state index in [1.165, 1.54) is 24.3 Å². The van der Waals surface area contributed by atoms with Crippen molar-refractivity contribution < 1.29 is 19.2 Å². The number of phenolic OH excluding ortho intramolecular Hbond substituents is 1. The third-order valence-corrected chi connectivity index (χ3v) is 3.28. The number of rotatable bonds is 3. The van der Waals surface area contributed by atoms with Crippen LogP contribution in [-0.4, -0.2) is 15.9 Å². The minimum atomic E-state index is -0.772. The third-order valence-electron chi connectivity index (χ3n) is 2.64. The summed E-state index contributed by atoms with van der Waals surface area (Å²) in [5.41, 5.74) is -0.829. The number of para-hydroxylation sites is 1. The van der Waals surface area contributed by atoms with Crippen molar-refractivity contribution in [2.75, 3.05) is 5.32 Å². The van der Waals surface area contributed by atoms with Gasteiger partial charge in [0.05, 0.1) is 9.40 Å². The molecule has 1 amide bonds. The van der Waals surface area contributed by atoms with Crippen molar-refractivity contribution in [1.29, 1.82) is 0 Å². The molecule has 0 spiro atoms. The number of nitrogens with one attached hydrogen (secondary N) is 1. The molecule has 0 heterocycles. The van der Waals surface area contributed by atoms with E-state index < -0.39 is 28.1 Å². The van der Waals surface area contributed by atoms with E-state index in [-0.39, 0.29) is 15.7 Å². The molecular formula is C13H8BrFN2O4. The number of nitrogens with zero attached hydrogens (tertiary/aromatic N) is 1. The minimum Gasteiger partial charge on any atom is -0.505 e. The van der Waals surface area contributed by atoms with Gasteiger partial charge in [-0.2, -0.15) is 0 Å². The van der Waals surface area contributed by atoms with Gasteiger partial charge in [0, 0.05) is 11.6 Å². The lowest BCUT2D eigenvalue weighted by atomic mass is 10.2. The second kappa shape index (κ2) is 5.88. The molecule has 0 fully saturated rings. The number of aromatic hydroxyl groups is 1. The number of halogens is 2. The Kier molecular flexibility index (Phi) is 4.18. The molecule has 0 bridgehead atoms. The normalized spacial score (nSPS) is 10.2. The number of amides is 1. The summed E-state index contributed by atoms with van der Waals surface area (Å²) in [5, 5.41) is 22.7. The van der Waals surface area contributed by atoms with Crippen LogP contribution in [0.1, 0.15) is 10.4 Å². The SMILES string of the molecule is O=C(Nc1c(O)cccc1[N+](=O)[O-])c1ccc(Br)c(F)c1. The quantitative estimate of drug-likeness (QED) is 0.501. The van der Waals surface area contributed by atoms with Crippen LogP contribution in [0, 0.1) is 15.9 Å². The Morgan fingerprint density at radius 2 is 2.05 bits per heavy atom. The topological polar surface area (TPSA) is 92.5 Å². The van der Waals surface area contributed by atoms with Crippen LogP contribution in [0.5, 0.6) is 5.75 Å². The first-order chi connectivity index (χ1) is 9.90. The molecule has 0 atom stereocenters. The fourth-order valence-corrected chi connectivity index (χ4v) is 1.88. The summed E-state index contributed by atoms with van der Waals surface area (Å²) in [6.45, 7) is 0. The molecule has 0 aliphatic rings. The lowest BCUT2D eigenvalue weighted by Gasteiger charge is -2.08. The second-order valence-corrected chi connectivity index (χ2v) is 4.87. The summed E-state index contributed by atoms with van der Waals surface area (Å²) in [6, 6.07) is 7.27. The zero-order valence-corrected chi connectivity index (χ0v) is 11.9. The Balaban J connectivity index is 2.36. The maximum Gasteiger partial charge on any atom is 0.296 e. The number of carbonyl (C=O) groups is 1. The highest BCUT2D eigenvalue weighted by molar-refractivity contribution is 9.10. The van der Waals surface area contributed by atoms with Crippen molar-refractivity contribution in [2.45, 2.75) is 0 Å². The highest BCUT2D eigenvalue weighted by Crippen LogP contribution is 2.33. The summed E-state index contributed by atoms with van der Waals surface area (Å²) in [7, 11) is 0. The van der Waals surface area contributed by atoms with Crippen molar-refractivity contribution in [3.05, 3.63) is 62.4 Å². The fourth-order valence-electron chi connectivity index (χ4n) is 1.63. The molecule has 2 N–H and O–H groups in total. The molecule has 21 heavy (non-hydrogen) atoms. The standard InChI is InChI=1S/C13H8BrFN2O4/c14-8-5-4-7(6-9(8)15)13(19)16-12-10(17(20)21)2-1-3-11(12)18/h1-6,18H,(H,16,19). The Morgan fingerprint density at radius 1 is 1.33 bits per heavy atom. The molecule has 2 rings (SSSR count). The van der Waals surface area contributed by atoms with Gasteiger partial charge in [-0.25, -0.2) is 4.39 Å². The van der Waals surface area contributed by atoms with Gasteiger partial charge in [0.25, 0.3) is 11.6 Å². The van der Waals surface area contributed by atoms with Crippen LogP contribution in [0.25, 0.3) is 0 Å². The Morgan fingerprint density at radius 3 is 2.67 bits per heavy atom. The van der Waals surface area contributed by atoms with E-state index in [1.807, 2.05) is 0 Å². The molecule has 0 aliphatic carbocycles. The summed E-state index contributed by atoms with van der Waals surface area (Å²) in [5.74, 6) is -1.87. The van der Waals surface area contributed by atoms with Gasteiger partial charge in [-0.15, -0.1) is 0 Å². The first-order valence-corrected chi connectivity index (χ1v) is 6.42. The number of nitro benzene ring substituents is 1. The number of phenols is 1. The van der Waals surface area contributed by atoms with Gasteiger partial charge in [0.2, 0.25) is 0 Å². The van der Waals surface area contributed by atoms with Gasteiger partial charge in [-0.05, 0) is 40.2 Å². The van der Waals surface area contributed by atoms with Crippen LogP contribution in [0.2, 0.25) is 0 Å². The van der Waals surface area contributed by atoms with Crippen LogP contribution < -0.4 is 5.32 Å². The highest BCUT2D eigenvalue weighted by atomic mass is 79.9.